The molecule has 1 atom stereocenters. The summed E-state index contributed by atoms with van der Waals surface area (Å²) in [6, 6.07) is 11.0. The van der Waals surface area contributed by atoms with Crippen LogP contribution >= 0.6 is 11.3 Å². The summed E-state index contributed by atoms with van der Waals surface area (Å²) in [6.07, 6.45) is 7.63. The van der Waals surface area contributed by atoms with Crippen molar-refractivity contribution in [3.05, 3.63) is 65.4 Å². The molecule has 1 unspecified atom stereocenters. The van der Waals surface area contributed by atoms with Crippen LogP contribution in [0, 0.1) is 0 Å². The van der Waals surface area contributed by atoms with Gasteiger partial charge in [0, 0.05) is 23.5 Å². The van der Waals surface area contributed by atoms with Gasteiger partial charge in [-0.25, -0.2) is 4.98 Å². The smallest absolute Gasteiger partial charge is 0.255 e. The Morgan fingerprint density at radius 3 is 2.77 bits per heavy atom. The van der Waals surface area contributed by atoms with E-state index in [-0.39, 0.29) is 5.91 Å². The van der Waals surface area contributed by atoms with Crippen molar-refractivity contribution in [1.29, 1.82) is 0 Å². The highest BCUT2D eigenvalue weighted by Gasteiger charge is 2.24. The maximum Gasteiger partial charge on any atom is 0.255 e. The van der Waals surface area contributed by atoms with Gasteiger partial charge in [-0.3, -0.25) is 14.8 Å². The van der Waals surface area contributed by atoms with Crippen LogP contribution in [0.3, 0.4) is 0 Å². The first kappa shape index (κ1) is 16.9. The number of hydrogen-bond donors (Lipinski definition) is 2. The largest absolute Gasteiger partial charge is 0.317 e. The third kappa shape index (κ3) is 3.68. The highest BCUT2D eigenvalue weighted by molar-refractivity contribution is 7.15. The van der Waals surface area contributed by atoms with Crippen LogP contribution in [0.15, 0.2) is 55.0 Å². The summed E-state index contributed by atoms with van der Waals surface area (Å²) in [7, 11) is 0. The van der Waals surface area contributed by atoms with Crippen LogP contribution in [0.4, 0.5) is 5.13 Å². The number of carbonyl (C=O) groups is 1. The zero-order chi connectivity index (χ0) is 17.8. The molecule has 3 aromatic rings. The zero-order valence-electron chi connectivity index (χ0n) is 14.3. The molecule has 1 amide bonds. The average molecular weight is 367 g/mol. The van der Waals surface area contributed by atoms with Crippen molar-refractivity contribution >= 4 is 22.4 Å². The number of hydrogen-bond acceptors (Lipinski definition) is 5. The van der Waals surface area contributed by atoms with E-state index in [1.807, 2.05) is 42.6 Å². The van der Waals surface area contributed by atoms with Crippen LogP contribution < -0.4 is 10.6 Å². The first-order valence-electron chi connectivity index (χ1n) is 8.82. The predicted octanol–water partition coefficient (Wildman–Crippen LogP) is 3.03. The van der Waals surface area contributed by atoms with Gasteiger partial charge in [0.15, 0.2) is 11.2 Å². The molecular weight excluding hydrogens is 346 g/mol. The van der Waals surface area contributed by atoms with Crippen LogP contribution in [0.2, 0.25) is 0 Å². The quantitative estimate of drug-likeness (QED) is 0.727. The first-order chi connectivity index (χ1) is 12.8. The normalized spacial score (nSPS) is 16.3. The van der Waals surface area contributed by atoms with Crippen molar-refractivity contribution < 1.29 is 4.79 Å². The van der Waals surface area contributed by atoms with Gasteiger partial charge in [-0.1, -0.05) is 30.3 Å². The SMILES string of the molecule is O=C(Nc1ncc(C2CCNCC2)s1)C(c1ccccc1)n1cccn1. The van der Waals surface area contributed by atoms with Crippen LogP contribution in [-0.2, 0) is 4.79 Å². The number of nitrogens with one attached hydrogen (secondary N) is 2. The average Bonchev–Trinajstić information content (AvgIpc) is 3.36. The Bertz CT molecular complexity index is 840. The number of thiazole rings is 1. The molecule has 0 spiro atoms. The van der Waals surface area contributed by atoms with Gasteiger partial charge in [0.05, 0.1) is 0 Å². The molecule has 1 saturated heterocycles. The van der Waals surface area contributed by atoms with Crippen LogP contribution in [0.5, 0.6) is 0 Å². The second-order valence-electron chi connectivity index (χ2n) is 6.38. The number of anilines is 1. The Kier molecular flexibility index (Phi) is 5.08. The highest BCUT2D eigenvalue weighted by atomic mass is 32.1. The lowest BCUT2D eigenvalue weighted by atomic mass is 9.97. The number of aromatic nitrogens is 3. The second kappa shape index (κ2) is 7.80. The lowest BCUT2D eigenvalue weighted by Crippen LogP contribution is -2.27. The number of amides is 1. The van der Waals surface area contributed by atoms with E-state index in [9.17, 15) is 4.79 Å². The molecular formula is C19H21N5OS. The molecule has 7 heteroatoms. The van der Waals surface area contributed by atoms with E-state index in [4.69, 9.17) is 0 Å². The highest BCUT2D eigenvalue weighted by Crippen LogP contribution is 2.32. The van der Waals surface area contributed by atoms with Gasteiger partial charge in [-0.05, 0) is 43.5 Å². The fourth-order valence-corrected chi connectivity index (χ4v) is 4.29. The summed E-state index contributed by atoms with van der Waals surface area (Å²) < 4.78 is 1.67. The third-order valence-electron chi connectivity index (χ3n) is 4.65. The zero-order valence-corrected chi connectivity index (χ0v) is 15.2. The number of rotatable bonds is 5. The van der Waals surface area contributed by atoms with Crippen molar-refractivity contribution in [2.45, 2.75) is 24.8 Å². The molecule has 1 fully saturated rings. The minimum absolute atomic E-state index is 0.133. The van der Waals surface area contributed by atoms with E-state index in [2.05, 4.69) is 20.7 Å². The standard InChI is InChI=1S/C19H21N5OS/c25-18(17(24-12-4-9-22-24)15-5-2-1-3-6-15)23-19-21-13-16(26-19)14-7-10-20-11-8-14/h1-6,9,12-14,17,20H,7-8,10-11H2,(H,21,23,25). The van der Waals surface area contributed by atoms with Gasteiger partial charge in [0.1, 0.15) is 0 Å². The predicted molar refractivity (Wildman–Crippen MR) is 102 cm³/mol. The Labute approximate surface area is 156 Å². The second-order valence-corrected chi connectivity index (χ2v) is 7.44. The van der Waals surface area contributed by atoms with E-state index < -0.39 is 6.04 Å². The topological polar surface area (TPSA) is 71.8 Å². The molecule has 0 radical (unpaired) electrons. The van der Waals surface area contributed by atoms with Gasteiger partial charge >= 0.3 is 0 Å². The summed E-state index contributed by atoms with van der Waals surface area (Å²) in [5, 5.41) is 11.3. The molecule has 6 nitrogen and oxygen atoms in total. The van der Waals surface area contributed by atoms with Gasteiger partial charge in [0.2, 0.25) is 0 Å². The molecule has 0 aliphatic carbocycles. The Morgan fingerprint density at radius 1 is 1.23 bits per heavy atom. The van der Waals surface area contributed by atoms with E-state index in [1.54, 1.807) is 28.4 Å². The van der Waals surface area contributed by atoms with Gasteiger partial charge < -0.3 is 5.32 Å². The molecule has 1 aliphatic heterocycles. The van der Waals surface area contributed by atoms with Gasteiger partial charge in [-0.15, -0.1) is 11.3 Å². The summed E-state index contributed by atoms with van der Waals surface area (Å²) in [5.41, 5.74) is 0.892. The maximum atomic E-state index is 13.0. The summed E-state index contributed by atoms with van der Waals surface area (Å²) in [6.45, 7) is 2.08. The molecule has 4 rings (SSSR count). The van der Waals surface area contributed by atoms with Crippen LogP contribution in [-0.4, -0.2) is 33.8 Å². The molecule has 1 aromatic carbocycles. The number of piperidine rings is 1. The van der Waals surface area contributed by atoms with E-state index >= 15 is 0 Å². The molecule has 2 aromatic heterocycles. The van der Waals surface area contributed by atoms with Gasteiger partial charge in [0.25, 0.3) is 5.91 Å². The molecule has 2 N–H and O–H groups in total. The summed E-state index contributed by atoms with van der Waals surface area (Å²) in [4.78, 5) is 18.7. The summed E-state index contributed by atoms with van der Waals surface area (Å²) >= 11 is 1.58. The minimum atomic E-state index is -0.516. The number of carbonyl (C=O) groups excluding carboxylic acids is 1. The molecule has 3 heterocycles. The molecule has 0 bridgehead atoms. The fraction of sp³-hybridized carbons (Fsp3) is 0.316. The van der Waals surface area contributed by atoms with E-state index in [0.717, 1.165) is 31.5 Å². The van der Waals surface area contributed by atoms with Gasteiger partial charge in [-0.2, -0.15) is 5.10 Å². The monoisotopic (exact) mass is 367 g/mol. The maximum absolute atomic E-state index is 13.0. The van der Waals surface area contributed by atoms with E-state index in [1.165, 1.54) is 4.88 Å². The van der Waals surface area contributed by atoms with Crippen molar-refractivity contribution in [2.24, 2.45) is 0 Å². The lowest BCUT2D eigenvalue weighted by Gasteiger charge is -2.20. The Balaban J connectivity index is 1.53. The molecule has 134 valence electrons. The van der Waals surface area contributed by atoms with Crippen molar-refractivity contribution in [2.75, 3.05) is 18.4 Å². The molecule has 1 aliphatic rings. The molecule has 26 heavy (non-hydrogen) atoms. The summed E-state index contributed by atoms with van der Waals surface area (Å²) in [5.74, 6) is 0.404. The number of nitrogens with zero attached hydrogens (tertiary/aromatic N) is 3. The van der Waals surface area contributed by atoms with Crippen LogP contribution in [0.25, 0.3) is 0 Å². The Hall–Kier alpha value is -2.51. The van der Waals surface area contributed by atoms with Crippen molar-refractivity contribution in [3.8, 4) is 0 Å². The lowest BCUT2D eigenvalue weighted by molar-refractivity contribution is -0.118. The van der Waals surface area contributed by atoms with Crippen molar-refractivity contribution in [1.82, 2.24) is 20.1 Å². The third-order valence-corrected chi connectivity index (χ3v) is 5.72. The number of benzene rings is 1. The first-order valence-corrected chi connectivity index (χ1v) is 9.64. The Morgan fingerprint density at radius 2 is 2.04 bits per heavy atom. The minimum Gasteiger partial charge on any atom is -0.317 e. The van der Waals surface area contributed by atoms with E-state index in [0.29, 0.717) is 11.0 Å². The fourth-order valence-electron chi connectivity index (χ4n) is 3.31. The molecule has 0 saturated carbocycles. The van der Waals surface area contributed by atoms with Crippen molar-refractivity contribution in [3.63, 3.8) is 0 Å². The van der Waals surface area contributed by atoms with Crippen LogP contribution in [0.1, 0.15) is 35.2 Å².